The van der Waals surface area contributed by atoms with Crippen LogP contribution in [0.2, 0.25) is 0 Å². The van der Waals surface area contributed by atoms with E-state index in [0.717, 1.165) is 5.56 Å². The summed E-state index contributed by atoms with van der Waals surface area (Å²) >= 11 is 0. The van der Waals surface area contributed by atoms with Crippen LogP contribution in [0.25, 0.3) is 0 Å². The number of aliphatic hydroxyl groups excluding tert-OH is 1. The Morgan fingerprint density at radius 3 is 2.53 bits per heavy atom. The Morgan fingerprint density at radius 1 is 1.40 bits per heavy atom. The van der Waals surface area contributed by atoms with Crippen LogP contribution in [0.3, 0.4) is 0 Å². The molecule has 0 heterocycles. The van der Waals surface area contributed by atoms with E-state index in [1.165, 1.54) is 0 Å². The first-order chi connectivity index (χ1) is 7.30. The molecule has 0 spiro atoms. The molecule has 1 aromatic rings. The summed E-state index contributed by atoms with van der Waals surface area (Å²) in [6, 6.07) is 9.52. The standard InChI is InChI=1S/C12H15NO2/c1-2-11(9-13)15-12-5-3-10(4-6-12)7-8-14/h3-6,11,14H,2,7-8H2,1H3. The van der Waals surface area contributed by atoms with E-state index < -0.39 is 0 Å². The van der Waals surface area contributed by atoms with Gasteiger partial charge in [0.2, 0.25) is 0 Å². The van der Waals surface area contributed by atoms with Crippen LogP contribution < -0.4 is 4.74 Å². The molecule has 80 valence electrons. The van der Waals surface area contributed by atoms with E-state index in [1.54, 1.807) is 0 Å². The fraction of sp³-hybridized carbons (Fsp3) is 0.417. The van der Waals surface area contributed by atoms with Gasteiger partial charge in [0.1, 0.15) is 11.8 Å². The summed E-state index contributed by atoms with van der Waals surface area (Å²) in [6.45, 7) is 2.06. The Balaban J connectivity index is 2.60. The number of hydrogen-bond donors (Lipinski definition) is 1. The number of nitriles is 1. The molecule has 3 heteroatoms. The molecule has 0 bridgehead atoms. The number of ether oxygens (including phenoxy) is 1. The Kier molecular flexibility index (Phi) is 4.65. The van der Waals surface area contributed by atoms with Crippen molar-refractivity contribution < 1.29 is 9.84 Å². The van der Waals surface area contributed by atoms with Crippen LogP contribution in [-0.2, 0) is 6.42 Å². The molecule has 1 aromatic carbocycles. The first-order valence-electron chi connectivity index (χ1n) is 5.06. The minimum Gasteiger partial charge on any atom is -0.476 e. The largest absolute Gasteiger partial charge is 0.476 e. The van der Waals surface area contributed by atoms with Crippen LogP contribution in [0.1, 0.15) is 18.9 Å². The second-order valence-electron chi connectivity index (χ2n) is 3.26. The van der Waals surface area contributed by atoms with Crippen LogP contribution in [0.4, 0.5) is 0 Å². The van der Waals surface area contributed by atoms with Crippen LogP contribution in [-0.4, -0.2) is 17.8 Å². The Bertz CT molecular complexity index is 326. The topological polar surface area (TPSA) is 53.2 Å². The van der Waals surface area contributed by atoms with E-state index in [0.29, 0.717) is 18.6 Å². The van der Waals surface area contributed by atoms with Crippen LogP contribution in [0.5, 0.6) is 5.75 Å². The van der Waals surface area contributed by atoms with E-state index in [9.17, 15) is 0 Å². The molecule has 0 aliphatic carbocycles. The summed E-state index contributed by atoms with van der Waals surface area (Å²) < 4.78 is 5.42. The second kappa shape index (κ2) is 6.05. The van der Waals surface area contributed by atoms with Gasteiger partial charge in [-0.2, -0.15) is 5.26 Å². The molecule has 0 radical (unpaired) electrons. The zero-order valence-electron chi connectivity index (χ0n) is 8.81. The Morgan fingerprint density at radius 2 is 2.07 bits per heavy atom. The molecule has 0 aliphatic rings. The maximum Gasteiger partial charge on any atom is 0.184 e. The molecule has 0 amide bonds. The van der Waals surface area contributed by atoms with Crippen molar-refractivity contribution in [2.45, 2.75) is 25.9 Å². The summed E-state index contributed by atoms with van der Waals surface area (Å²) in [4.78, 5) is 0. The van der Waals surface area contributed by atoms with Gasteiger partial charge in [-0.15, -0.1) is 0 Å². The van der Waals surface area contributed by atoms with Gasteiger partial charge >= 0.3 is 0 Å². The maximum atomic E-state index is 8.74. The third-order valence-electron chi connectivity index (χ3n) is 2.12. The second-order valence-corrected chi connectivity index (χ2v) is 3.26. The van der Waals surface area contributed by atoms with Gasteiger partial charge in [-0.1, -0.05) is 19.1 Å². The van der Waals surface area contributed by atoms with Crippen molar-refractivity contribution in [2.24, 2.45) is 0 Å². The Labute approximate surface area is 89.9 Å². The predicted molar refractivity (Wildman–Crippen MR) is 57.6 cm³/mol. The molecule has 0 aromatic heterocycles. The van der Waals surface area contributed by atoms with Crippen molar-refractivity contribution in [1.82, 2.24) is 0 Å². The van der Waals surface area contributed by atoms with Crippen LogP contribution in [0.15, 0.2) is 24.3 Å². The normalized spacial score (nSPS) is 11.8. The molecule has 3 nitrogen and oxygen atoms in total. The van der Waals surface area contributed by atoms with E-state index >= 15 is 0 Å². The summed E-state index contributed by atoms with van der Waals surface area (Å²) in [6.07, 6.45) is 0.943. The molecule has 1 unspecified atom stereocenters. The van der Waals surface area contributed by atoms with Crippen molar-refractivity contribution in [3.63, 3.8) is 0 Å². The number of benzene rings is 1. The fourth-order valence-corrected chi connectivity index (χ4v) is 1.23. The van der Waals surface area contributed by atoms with E-state index in [-0.39, 0.29) is 12.7 Å². The van der Waals surface area contributed by atoms with Crippen LogP contribution in [0, 0.1) is 11.3 Å². The van der Waals surface area contributed by atoms with Gasteiger partial charge in [0, 0.05) is 6.61 Å². The maximum absolute atomic E-state index is 8.74. The fourth-order valence-electron chi connectivity index (χ4n) is 1.23. The monoisotopic (exact) mass is 205 g/mol. The summed E-state index contributed by atoms with van der Waals surface area (Å²) in [5.74, 6) is 0.699. The quantitative estimate of drug-likeness (QED) is 0.798. The van der Waals surface area contributed by atoms with Crippen molar-refractivity contribution in [3.8, 4) is 11.8 Å². The van der Waals surface area contributed by atoms with Gasteiger partial charge < -0.3 is 9.84 Å². The Hall–Kier alpha value is -1.53. The highest BCUT2D eigenvalue weighted by Gasteiger charge is 2.05. The summed E-state index contributed by atoms with van der Waals surface area (Å²) in [5.41, 5.74) is 1.06. The lowest BCUT2D eigenvalue weighted by atomic mass is 10.1. The number of nitrogens with zero attached hydrogens (tertiary/aromatic N) is 1. The SMILES string of the molecule is CCC(C#N)Oc1ccc(CCO)cc1. The van der Waals surface area contributed by atoms with Gasteiger partial charge in [-0.05, 0) is 30.5 Å². The average Bonchev–Trinajstić information content (AvgIpc) is 2.28. The average molecular weight is 205 g/mol. The molecule has 1 rings (SSSR count). The lowest BCUT2D eigenvalue weighted by molar-refractivity contribution is 0.251. The molecule has 0 saturated heterocycles. The highest BCUT2D eigenvalue weighted by molar-refractivity contribution is 5.28. The molecule has 0 aliphatic heterocycles. The lowest BCUT2D eigenvalue weighted by Gasteiger charge is -2.10. The zero-order chi connectivity index (χ0) is 11.1. The molecule has 1 N–H and O–H groups in total. The van der Waals surface area contributed by atoms with Crippen molar-refractivity contribution in [2.75, 3.05) is 6.61 Å². The molecular formula is C12H15NO2. The number of aliphatic hydroxyl groups is 1. The molecule has 1 atom stereocenters. The van der Waals surface area contributed by atoms with Crippen molar-refractivity contribution >= 4 is 0 Å². The first-order valence-corrected chi connectivity index (χ1v) is 5.06. The molecule has 0 fully saturated rings. The van der Waals surface area contributed by atoms with Crippen LogP contribution >= 0.6 is 0 Å². The number of rotatable bonds is 5. The van der Waals surface area contributed by atoms with Gasteiger partial charge in [-0.25, -0.2) is 0 Å². The highest BCUT2D eigenvalue weighted by atomic mass is 16.5. The van der Waals surface area contributed by atoms with E-state index in [2.05, 4.69) is 6.07 Å². The third-order valence-corrected chi connectivity index (χ3v) is 2.12. The van der Waals surface area contributed by atoms with Gasteiger partial charge in [0.05, 0.1) is 0 Å². The molecule has 15 heavy (non-hydrogen) atoms. The molecule has 0 saturated carbocycles. The van der Waals surface area contributed by atoms with Crippen molar-refractivity contribution in [1.29, 1.82) is 5.26 Å². The van der Waals surface area contributed by atoms with Crippen molar-refractivity contribution in [3.05, 3.63) is 29.8 Å². The zero-order valence-corrected chi connectivity index (χ0v) is 8.81. The summed E-state index contributed by atoms with van der Waals surface area (Å²) in [7, 11) is 0. The summed E-state index contributed by atoms with van der Waals surface area (Å²) in [5, 5.41) is 17.5. The van der Waals surface area contributed by atoms with E-state index in [1.807, 2.05) is 31.2 Å². The molecular weight excluding hydrogens is 190 g/mol. The van der Waals surface area contributed by atoms with E-state index in [4.69, 9.17) is 15.1 Å². The predicted octanol–water partition coefficient (Wildman–Crippen LogP) is 1.90. The highest BCUT2D eigenvalue weighted by Crippen LogP contribution is 2.14. The number of hydrogen-bond acceptors (Lipinski definition) is 3. The third kappa shape index (κ3) is 3.61. The van der Waals surface area contributed by atoms with Gasteiger partial charge in [-0.3, -0.25) is 0 Å². The van der Waals surface area contributed by atoms with Gasteiger partial charge in [0.15, 0.2) is 6.10 Å². The smallest absolute Gasteiger partial charge is 0.184 e. The van der Waals surface area contributed by atoms with Gasteiger partial charge in [0.25, 0.3) is 0 Å². The minimum absolute atomic E-state index is 0.149. The lowest BCUT2D eigenvalue weighted by Crippen LogP contribution is -2.12. The first kappa shape index (κ1) is 11.5. The minimum atomic E-state index is -0.381.